The summed E-state index contributed by atoms with van der Waals surface area (Å²) < 4.78 is 11.8. The van der Waals surface area contributed by atoms with Crippen LogP contribution in [0.1, 0.15) is 33.1 Å². The predicted octanol–water partition coefficient (Wildman–Crippen LogP) is 2.56. The number of para-hydroxylation sites is 2. The van der Waals surface area contributed by atoms with E-state index in [1.807, 2.05) is 6.07 Å². The number of hydrogen-bond donors (Lipinski definition) is 1. The van der Waals surface area contributed by atoms with Gasteiger partial charge in [-0.2, -0.15) is 0 Å². The van der Waals surface area contributed by atoms with Crippen molar-refractivity contribution in [3.63, 3.8) is 0 Å². The molecule has 116 valence electrons. The van der Waals surface area contributed by atoms with Crippen LogP contribution in [0.15, 0.2) is 24.3 Å². The SMILES string of the molecule is CC1(C)CC(CN)(N2CCCOc3ccccc32)CCO1. The molecule has 2 N–H and O–H groups in total. The fourth-order valence-electron chi connectivity index (χ4n) is 3.78. The van der Waals surface area contributed by atoms with Crippen molar-refractivity contribution < 1.29 is 9.47 Å². The van der Waals surface area contributed by atoms with E-state index in [1.54, 1.807) is 0 Å². The van der Waals surface area contributed by atoms with Gasteiger partial charge in [0.2, 0.25) is 0 Å². The van der Waals surface area contributed by atoms with E-state index in [0.29, 0.717) is 6.54 Å². The van der Waals surface area contributed by atoms with Gasteiger partial charge >= 0.3 is 0 Å². The van der Waals surface area contributed by atoms with Crippen LogP contribution in [-0.4, -0.2) is 37.4 Å². The highest BCUT2D eigenvalue weighted by Crippen LogP contribution is 2.42. The van der Waals surface area contributed by atoms with Crippen molar-refractivity contribution in [2.24, 2.45) is 5.73 Å². The molecule has 1 atom stereocenters. The number of fused-ring (bicyclic) bond motifs is 1. The lowest BCUT2D eigenvalue weighted by molar-refractivity contribution is -0.0794. The normalized spacial score (nSPS) is 28.4. The summed E-state index contributed by atoms with van der Waals surface area (Å²) in [6.07, 6.45) is 2.95. The van der Waals surface area contributed by atoms with Crippen LogP contribution in [0.25, 0.3) is 0 Å². The molecule has 1 fully saturated rings. The van der Waals surface area contributed by atoms with Crippen molar-refractivity contribution in [1.82, 2.24) is 0 Å². The molecule has 0 spiro atoms. The van der Waals surface area contributed by atoms with E-state index >= 15 is 0 Å². The standard InChI is InChI=1S/C17H26N2O2/c1-16(2)12-17(13-18,8-11-21-16)19-9-5-10-20-15-7-4-3-6-14(15)19/h3-4,6-7H,5,8-13,18H2,1-2H3. The first-order chi connectivity index (χ1) is 10.1. The zero-order valence-corrected chi connectivity index (χ0v) is 13.1. The Kier molecular flexibility index (Phi) is 3.84. The largest absolute Gasteiger partial charge is 0.491 e. The highest BCUT2D eigenvalue weighted by molar-refractivity contribution is 5.61. The molecule has 0 radical (unpaired) electrons. The molecule has 2 heterocycles. The van der Waals surface area contributed by atoms with Crippen LogP contribution < -0.4 is 15.4 Å². The third-order valence-electron chi connectivity index (χ3n) is 4.71. The van der Waals surface area contributed by atoms with E-state index < -0.39 is 0 Å². The Balaban J connectivity index is 2.00. The Hall–Kier alpha value is -1.26. The van der Waals surface area contributed by atoms with E-state index in [-0.39, 0.29) is 11.1 Å². The van der Waals surface area contributed by atoms with Crippen molar-refractivity contribution in [1.29, 1.82) is 0 Å². The van der Waals surface area contributed by atoms with Crippen LogP contribution in [0.5, 0.6) is 5.75 Å². The molecule has 4 heteroatoms. The van der Waals surface area contributed by atoms with Gasteiger partial charge in [0.25, 0.3) is 0 Å². The van der Waals surface area contributed by atoms with Gasteiger partial charge in [-0.25, -0.2) is 0 Å². The highest BCUT2D eigenvalue weighted by Gasteiger charge is 2.45. The first-order valence-corrected chi connectivity index (χ1v) is 7.90. The van der Waals surface area contributed by atoms with Gasteiger partial charge < -0.3 is 20.1 Å². The average Bonchev–Trinajstić information content (AvgIpc) is 2.68. The summed E-state index contributed by atoms with van der Waals surface area (Å²) in [5, 5.41) is 0. The maximum Gasteiger partial charge on any atom is 0.142 e. The molecule has 2 aliphatic rings. The van der Waals surface area contributed by atoms with Crippen LogP contribution >= 0.6 is 0 Å². The molecule has 0 aromatic heterocycles. The minimum absolute atomic E-state index is 0.0362. The smallest absolute Gasteiger partial charge is 0.142 e. The van der Waals surface area contributed by atoms with E-state index in [0.717, 1.165) is 44.8 Å². The van der Waals surface area contributed by atoms with Crippen molar-refractivity contribution in [2.45, 2.75) is 44.2 Å². The molecule has 3 rings (SSSR count). The first kappa shape index (κ1) is 14.7. The minimum atomic E-state index is -0.125. The summed E-state index contributed by atoms with van der Waals surface area (Å²) in [5.74, 6) is 0.979. The number of nitrogens with zero attached hydrogens (tertiary/aromatic N) is 1. The molecule has 0 bridgehead atoms. The molecule has 1 unspecified atom stereocenters. The first-order valence-electron chi connectivity index (χ1n) is 7.90. The topological polar surface area (TPSA) is 47.7 Å². The minimum Gasteiger partial charge on any atom is -0.491 e. The average molecular weight is 290 g/mol. The van der Waals surface area contributed by atoms with Crippen LogP contribution in [0.2, 0.25) is 0 Å². The number of rotatable bonds is 2. The van der Waals surface area contributed by atoms with Gasteiger partial charge in [0.1, 0.15) is 5.75 Å². The van der Waals surface area contributed by atoms with Gasteiger partial charge in [-0.05, 0) is 38.8 Å². The molecule has 0 saturated carbocycles. The third-order valence-corrected chi connectivity index (χ3v) is 4.71. The molecule has 0 amide bonds. The number of benzene rings is 1. The quantitative estimate of drug-likeness (QED) is 0.909. The molecule has 1 aromatic rings. The maximum absolute atomic E-state index is 6.26. The second-order valence-corrected chi connectivity index (χ2v) is 6.78. The molecular formula is C17H26N2O2. The van der Waals surface area contributed by atoms with Crippen LogP contribution in [0.4, 0.5) is 5.69 Å². The third kappa shape index (κ3) is 2.74. The Bertz CT molecular complexity index is 503. The van der Waals surface area contributed by atoms with Crippen LogP contribution in [0, 0.1) is 0 Å². The van der Waals surface area contributed by atoms with Crippen molar-refractivity contribution in [3.8, 4) is 5.75 Å². The van der Waals surface area contributed by atoms with E-state index in [9.17, 15) is 0 Å². The Morgan fingerprint density at radius 1 is 1.24 bits per heavy atom. The summed E-state index contributed by atoms with van der Waals surface area (Å²) in [6.45, 7) is 7.50. The van der Waals surface area contributed by atoms with Crippen LogP contribution in [-0.2, 0) is 4.74 Å². The zero-order valence-electron chi connectivity index (χ0n) is 13.1. The van der Waals surface area contributed by atoms with Crippen molar-refractivity contribution in [3.05, 3.63) is 24.3 Å². The predicted molar refractivity (Wildman–Crippen MR) is 85.0 cm³/mol. The molecular weight excluding hydrogens is 264 g/mol. The summed E-state index contributed by atoms with van der Waals surface area (Å²) in [6, 6.07) is 8.32. The summed E-state index contributed by atoms with van der Waals surface area (Å²) >= 11 is 0. The lowest BCUT2D eigenvalue weighted by Crippen LogP contribution is -2.61. The lowest BCUT2D eigenvalue weighted by atomic mass is 9.79. The van der Waals surface area contributed by atoms with E-state index in [1.165, 1.54) is 5.69 Å². The van der Waals surface area contributed by atoms with Gasteiger partial charge in [-0.1, -0.05) is 12.1 Å². The van der Waals surface area contributed by atoms with Gasteiger partial charge in [-0.3, -0.25) is 0 Å². The fourth-order valence-corrected chi connectivity index (χ4v) is 3.78. The number of nitrogens with two attached hydrogens (primary N) is 1. The Labute approximate surface area is 127 Å². The Morgan fingerprint density at radius 2 is 2.05 bits per heavy atom. The Morgan fingerprint density at radius 3 is 2.81 bits per heavy atom. The molecule has 1 saturated heterocycles. The van der Waals surface area contributed by atoms with Crippen molar-refractivity contribution in [2.75, 3.05) is 31.2 Å². The summed E-state index contributed by atoms with van der Waals surface area (Å²) in [5.41, 5.74) is 7.28. The molecule has 4 nitrogen and oxygen atoms in total. The van der Waals surface area contributed by atoms with Gasteiger partial charge in [0.05, 0.1) is 23.4 Å². The maximum atomic E-state index is 6.26. The van der Waals surface area contributed by atoms with E-state index in [2.05, 4.69) is 36.9 Å². The molecule has 2 aliphatic heterocycles. The van der Waals surface area contributed by atoms with E-state index in [4.69, 9.17) is 15.2 Å². The van der Waals surface area contributed by atoms with Crippen molar-refractivity contribution >= 4 is 5.69 Å². The fraction of sp³-hybridized carbons (Fsp3) is 0.647. The summed E-state index contributed by atoms with van der Waals surface area (Å²) in [7, 11) is 0. The van der Waals surface area contributed by atoms with Crippen LogP contribution in [0.3, 0.4) is 0 Å². The lowest BCUT2D eigenvalue weighted by Gasteiger charge is -2.51. The summed E-state index contributed by atoms with van der Waals surface area (Å²) in [4.78, 5) is 2.49. The molecule has 0 aliphatic carbocycles. The number of anilines is 1. The zero-order chi connectivity index (χ0) is 14.9. The molecule has 21 heavy (non-hydrogen) atoms. The second-order valence-electron chi connectivity index (χ2n) is 6.78. The molecule has 1 aromatic carbocycles. The monoisotopic (exact) mass is 290 g/mol. The van der Waals surface area contributed by atoms with Gasteiger partial charge in [0, 0.05) is 26.1 Å². The number of hydrogen-bond acceptors (Lipinski definition) is 4. The van der Waals surface area contributed by atoms with Gasteiger partial charge in [-0.15, -0.1) is 0 Å². The second kappa shape index (κ2) is 5.50. The highest BCUT2D eigenvalue weighted by atomic mass is 16.5. The number of ether oxygens (including phenoxy) is 2. The van der Waals surface area contributed by atoms with Gasteiger partial charge in [0.15, 0.2) is 0 Å².